The van der Waals surface area contributed by atoms with E-state index in [0.717, 1.165) is 28.9 Å². The van der Waals surface area contributed by atoms with Crippen LogP contribution in [0.3, 0.4) is 0 Å². The molecule has 0 aliphatic heterocycles. The molecule has 1 N–H and O–H groups in total. The van der Waals surface area contributed by atoms with Crippen molar-refractivity contribution in [1.82, 2.24) is 9.78 Å². The Morgan fingerprint density at radius 3 is 2.63 bits per heavy atom. The summed E-state index contributed by atoms with van der Waals surface area (Å²) in [5.41, 5.74) is 3.99. The molecule has 0 radical (unpaired) electrons. The number of aliphatic hydroxyl groups is 1. The van der Waals surface area contributed by atoms with Gasteiger partial charge in [0.1, 0.15) is 0 Å². The molecule has 0 saturated carbocycles. The predicted octanol–water partition coefficient (Wildman–Crippen LogP) is 3.22. The van der Waals surface area contributed by atoms with Crippen LogP contribution in [-0.4, -0.2) is 14.9 Å². The summed E-state index contributed by atoms with van der Waals surface area (Å²) in [5.74, 6) is 0. The Hall–Kier alpha value is -1.32. The fraction of sp³-hybridized carbons (Fsp3) is 0.400. The Balaban J connectivity index is 2.20. The number of benzene rings is 1. The number of aliphatic hydroxyl groups excluding tert-OH is 1. The molecule has 0 aliphatic rings. The third-order valence-corrected chi connectivity index (χ3v) is 3.46. The molecule has 19 heavy (non-hydrogen) atoms. The average molecular weight is 279 g/mol. The van der Waals surface area contributed by atoms with Crippen molar-refractivity contribution in [2.24, 2.45) is 7.05 Å². The van der Waals surface area contributed by atoms with Gasteiger partial charge in [0, 0.05) is 24.2 Å². The number of halogens is 1. The summed E-state index contributed by atoms with van der Waals surface area (Å²) in [6.07, 6.45) is 0.890. The van der Waals surface area contributed by atoms with Gasteiger partial charge in [-0.25, -0.2) is 0 Å². The molecule has 1 aromatic heterocycles. The van der Waals surface area contributed by atoms with Crippen molar-refractivity contribution >= 4 is 11.6 Å². The third kappa shape index (κ3) is 3.37. The quantitative estimate of drug-likeness (QED) is 0.932. The summed E-state index contributed by atoms with van der Waals surface area (Å²) in [6.45, 7) is 4.05. The van der Waals surface area contributed by atoms with Gasteiger partial charge >= 0.3 is 0 Å². The van der Waals surface area contributed by atoms with Gasteiger partial charge in [0.25, 0.3) is 0 Å². The van der Waals surface area contributed by atoms with Crippen LogP contribution in [0.25, 0.3) is 0 Å². The van der Waals surface area contributed by atoms with Crippen LogP contribution in [0.1, 0.15) is 35.5 Å². The van der Waals surface area contributed by atoms with E-state index >= 15 is 0 Å². The summed E-state index contributed by atoms with van der Waals surface area (Å²) in [7, 11) is 1.91. The maximum atomic E-state index is 10.3. The lowest BCUT2D eigenvalue weighted by molar-refractivity contribution is 0.175. The average Bonchev–Trinajstić information content (AvgIpc) is 2.69. The van der Waals surface area contributed by atoms with Crippen LogP contribution in [0, 0.1) is 6.92 Å². The van der Waals surface area contributed by atoms with E-state index in [1.165, 1.54) is 0 Å². The van der Waals surface area contributed by atoms with E-state index in [-0.39, 0.29) is 0 Å². The van der Waals surface area contributed by atoms with Gasteiger partial charge in [-0.2, -0.15) is 5.10 Å². The molecule has 0 bridgehead atoms. The van der Waals surface area contributed by atoms with Crippen LogP contribution in [0.2, 0.25) is 5.02 Å². The van der Waals surface area contributed by atoms with E-state index in [2.05, 4.69) is 12.0 Å². The lowest BCUT2D eigenvalue weighted by Gasteiger charge is -2.12. The van der Waals surface area contributed by atoms with Crippen molar-refractivity contribution in [1.29, 1.82) is 0 Å². The van der Waals surface area contributed by atoms with Gasteiger partial charge in [-0.05, 0) is 42.7 Å². The molecule has 2 aromatic rings. The van der Waals surface area contributed by atoms with Crippen molar-refractivity contribution in [3.05, 3.63) is 51.8 Å². The molecule has 2 rings (SSSR count). The van der Waals surface area contributed by atoms with Crippen LogP contribution >= 0.6 is 11.6 Å². The summed E-state index contributed by atoms with van der Waals surface area (Å²) >= 11 is 6.03. The highest BCUT2D eigenvalue weighted by atomic mass is 35.5. The zero-order valence-corrected chi connectivity index (χ0v) is 12.3. The zero-order chi connectivity index (χ0) is 14.0. The van der Waals surface area contributed by atoms with Crippen molar-refractivity contribution in [2.45, 2.75) is 32.8 Å². The van der Waals surface area contributed by atoms with Gasteiger partial charge in [-0.3, -0.25) is 4.68 Å². The Morgan fingerprint density at radius 2 is 2.05 bits per heavy atom. The number of aromatic nitrogens is 2. The molecule has 0 saturated heterocycles. The van der Waals surface area contributed by atoms with Gasteiger partial charge in [-0.1, -0.05) is 24.6 Å². The Bertz CT molecular complexity index is 557. The highest BCUT2D eigenvalue weighted by Crippen LogP contribution is 2.23. The molecule has 1 aromatic carbocycles. The Kier molecular flexibility index (Phi) is 4.27. The molecule has 102 valence electrons. The van der Waals surface area contributed by atoms with Gasteiger partial charge in [0.15, 0.2) is 0 Å². The van der Waals surface area contributed by atoms with E-state index in [4.69, 9.17) is 11.6 Å². The third-order valence-electron chi connectivity index (χ3n) is 3.24. The van der Waals surface area contributed by atoms with E-state index in [0.29, 0.717) is 11.4 Å². The monoisotopic (exact) mass is 278 g/mol. The first-order chi connectivity index (χ1) is 8.99. The molecule has 4 heteroatoms. The standard InChI is InChI=1S/C15H19ClN2O/c1-4-13-8-14(18(3)17-13)9-15(19)11-5-10(2)6-12(16)7-11/h5-8,15,19H,4,9H2,1-3H3. The largest absolute Gasteiger partial charge is 0.388 e. The lowest BCUT2D eigenvalue weighted by Crippen LogP contribution is -2.06. The number of hydrogen-bond donors (Lipinski definition) is 1. The number of aryl methyl sites for hydroxylation is 3. The second-order valence-corrected chi connectivity index (χ2v) is 5.32. The fourth-order valence-electron chi connectivity index (χ4n) is 2.21. The van der Waals surface area contributed by atoms with Crippen molar-refractivity contribution in [2.75, 3.05) is 0 Å². The van der Waals surface area contributed by atoms with Crippen LogP contribution in [-0.2, 0) is 19.9 Å². The predicted molar refractivity (Wildman–Crippen MR) is 77.4 cm³/mol. The molecule has 1 heterocycles. The smallest absolute Gasteiger partial charge is 0.0845 e. The van der Waals surface area contributed by atoms with Crippen LogP contribution in [0.5, 0.6) is 0 Å². The minimum absolute atomic E-state index is 0.545. The Morgan fingerprint density at radius 1 is 1.32 bits per heavy atom. The topological polar surface area (TPSA) is 38.0 Å². The highest BCUT2D eigenvalue weighted by molar-refractivity contribution is 6.30. The van der Waals surface area contributed by atoms with E-state index in [9.17, 15) is 5.11 Å². The van der Waals surface area contributed by atoms with Crippen molar-refractivity contribution in [3.63, 3.8) is 0 Å². The maximum Gasteiger partial charge on any atom is 0.0845 e. The second-order valence-electron chi connectivity index (χ2n) is 4.89. The Labute approximate surface area is 118 Å². The molecular formula is C15H19ClN2O. The zero-order valence-electron chi connectivity index (χ0n) is 11.5. The van der Waals surface area contributed by atoms with E-state index in [1.807, 2.05) is 42.9 Å². The first kappa shape index (κ1) is 14.1. The van der Waals surface area contributed by atoms with E-state index < -0.39 is 6.10 Å². The maximum absolute atomic E-state index is 10.3. The molecular weight excluding hydrogens is 260 g/mol. The van der Waals surface area contributed by atoms with Crippen molar-refractivity contribution < 1.29 is 5.11 Å². The van der Waals surface area contributed by atoms with Crippen molar-refractivity contribution in [3.8, 4) is 0 Å². The minimum Gasteiger partial charge on any atom is -0.388 e. The number of rotatable bonds is 4. The molecule has 1 unspecified atom stereocenters. The van der Waals surface area contributed by atoms with Gasteiger partial charge < -0.3 is 5.11 Å². The van der Waals surface area contributed by atoms with Gasteiger partial charge in [-0.15, -0.1) is 0 Å². The molecule has 0 spiro atoms. The normalized spacial score (nSPS) is 12.7. The SMILES string of the molecule is CCc1cc(CC(O)c2cc(C)cc(Cl)c2)n(C)n1. The molecule has 3 nitrogen and oxygen atoms in total. The number of nitrogens with zero attached hydrogens (tertiary/aromatic N) is 2. The summed E-state index contributed by atoms with van der Waals surface area (Å²) in [6, 6.07) is 7.71. The van der Waals surface area contributed by atoms with Crippen LogP contribution < -0.4 is 0 Å². The lowest BCUT2D eigenvalue weighted by atomic mass is 10.0. The van der Waals surface area contributed by atoms with E-state index in [1.54, 1.807) is 0 Å². The second kappa shape index (κ2) is 5.76. The fourth-order valence-corrected chi connectivity index (χ4v) is 2.51. The molecule has 0 amide bonds. The summed E-state index contributed by atoms with van der Waals surface area (Å²) in [4.78, 5) is 0. The van der Waals surface area contributed by atoms with Crippen LogP contribution in [0.4, 0.5) is 0 Å². The summed E-state index contributed by atoms with van der Waals surface area (Å²) < 4.78 is 1.83. The molecule has 1 atom stereocenters. The molecule has 0 fully saturated rings. The molecule has 0 aliphatic carbocycles. The first-order valence-corrected chi connectivity index (χ1v) is 6.84. The van der Waals surface area contributed by atoms with Crippen LogP contribution in [0.15, 0.2) is 24.3 Å². The summed E-state index contributed by atoms with van der Waals surface area (Å²) in [5, 5.41) is 15.4. The highest BCUT2D eigenvalue weighted by Gasteiger charge is 2.13. The first-order valence-electron chi connectivity index (χ1n) is 6.46. The van der Waals surface area contributed by atoms with Gasteiger partial charge in [0.2, 0.25) is 0 Å². The van der Waals surface area contributed by atoms with Gasteiger partial charge in [0.05, 0.1) is 11.8 Å². The minimum atomic E-state index is -0.558. The number of hydrogen-bond acceptors (Lipinski definition) is 2.